The molecule has 3 heterocycles. The van der Waals surface area contributed by atoms with E-state index in [1.807, 2.05) is 35.7 Å². The van der Waals surface area contributed by atoms with Gasteiger partial charge in [0.1, 0.15) is 0 Å². The summed E-state index contributed by atoms with van der Waals surface area (Å²) in [7, 11) is 0. The Hall–Kier alpha value is -2.20. The topological polar surface area (TPSA) is 80.9 Å². The maximum absolute atomic E-state index is 12.2. The molecule has 0 fully saturated rings. The number of thioether (sulfide) groups is 1. The van der Waals surface area contributed by atoms with Crippen molar-refractivity contribution >= 4 is 57.1 Å². The van der Waals surface area contributed by atoms with Crippen LogP contribution < -0.4 is 5.32 Å². The number of hydrogen-bond donors (Lipinski definition) is 1. The number of furan rings is 1. The summed E-state index contributed by atoms with van der Waals surface area (Å²) in [6.45, 7) is 0. The lowest BCUT2D eigenvalue weighted by molar-refractivity contribution is -0.115. The number of halogens is 1. The number of thiazole rings is 1. The predicted molar refractivity (Wildman–Crippen MR) is 113 cm³/mol. The van der Waals surface area contributed by atoms with E-state index in [-0.39, 0.29) is 12.3 Å². The van der Waals surface area contributed by atoms with Gasteiger partial charge in [0, 0.05) is 16.2 Å². The summed E-state index contributed by atoms with van der Waals surface area (Å²) in [5, 5.41) is 14.7. The van der Waals surface area contributed by atoms with Crippen LogP contribution in [0.2, 0.25) is 5.02 Å². The molecule has 1 amide bonds. The van der Waals surface area contributed by atoms with Crippen molar-refractivity contribution in [2.75, 3.05) is 5.32 Å². The van der Waals surface area contributed by atoms with Gasteiger partial charge in [-0.3, -0.25) is 4.79 Å². The van der Waals surface area contributed by atoms with Gasteiger partial charge in [-0.1, -0.05) is 46.8 Å². The monoisotopic (exact) mass is 448 g/mol. The van der Waals surface area contributed by atoms with Gasteiger partial charge in [-0.25, -0.2) is 4.98 Å². The van der Waals surface area contributed by atoms with Crippen LogP contribution in [-0.4, -0.2) is 21.1 Å². The van der Waals surface area contributed by atoms with Gasteiger partial charge < -0.3 is 9.73 Å². The van der Waals surface area contributed by atoms with Gasteiger partial charge in [-0.15, -0.1) is 21.5 Å². The minimum absolute atomic E-state index is 0.171. The number of carbonyl (C=O) groups excluding carboxylic acids is 1. The maximum atomic E-state index is 12.2. The van der Waals surface area contributed by atoms with Crippen molar-refractivity contribution < 1.29 is 9.21 Å². The first-order chi connectivity index (χ1) is 13.7. The number of aromatic nitrogens is 3. The number of benzene rings is 1. The van der Waals surface area contributed by atoms with Gasteiger partial charge in [0.25, 0.3) is 0 Å². The number of amides is 1. The fourth-order valence-electron chi connectivity index (χ4n) is 2.27. The summed E-state index contributed by atoms with van der Waals surface area (Å²) in [5.74, 6) is 1.28. The van der Waals surface area contributed by atoms with Crippen LogP contribution in [-0.2, 0) is 17.0 Å². The van der Waals surface area contributed by atoms with Crippen molar-refractivity contribution in [2.45, 2.75) is 16.5 Å². The molecule has 0 aliphatic heterocycles. The van der Waals surface area contributed by atoms with Gasteiger partial charge in [0.15, 0.2) is 15.1 Å². The molecule has 0 unspecified atom stereocenters. The molecule has 6 nitrogen and oxygen atoms in total. The van der Waals surface area contributed by atoms with E-state index in [9.17, 15) is 4.79 Å². The lowest BCUT2D eigenvalue weighted by atomic mass is 10.2. The van der Waals surface area contributed by atoms with Crippen molar-refractivity contribution in [3.8, 4) is 10.8 Å². The van der Waals surface area contributed by atoms with Crippen LogP contribution in [0, 0.1) is 0 Å². The minimum Gasteiger partial charge on any atom is -0.462 e. The van der Waals surface area contributed by atoms with Crippen molar-refractivity contribution in [1.82, 2.24) is 15.2 Å². The molecule has 4 aromatic rings. The molecule has 10 heteroatoms. The van der Waals surface area contributed by atoms with Gasteiger partial charge in [0.2, 0.25) is 11.0 Å². The zero-order valence-electron chi connectivity index (χ0n) is 14.3. The van der Waals surface area contributed by atoms with E-state index < -0.39 is 0 Å². The van der Waals surface area contributed by atoms with Crippen molar-refractivity contribution in [2.24, 2.45) is 0 Å². The van der Waals surface area contributed by atoms with E-state index in [1.165, 1.54) is 22.7 Å². The molecule has 3 aromatic heterocycles. The molecule has 4 rings (SSSR count). The quantitative estimate of drug-likeness (QED) is 0.302. The first-order valence-electron chi connectivity index (χ1n) is 8.14. The number of anilines is 1. The van der Waals surface area contributed by atoms with Crippen LogP contribution in [0.3, 0.4) is 0 Å². The van der Waals surface area contributed by atoms with Crippen LogP contribution in [0.25, 0.3) is 10.8 Å². The van der Waals surface area contributed by atoms with E-state index in [2.05, 4.69) is 20.5 Å². The number of nitrogens with zero attached hydrogens (tertiary/aromatic N) is 3. The van der Waals surface area contributed by atoms with Crippen LogP contribution in [0.15, 0.2) is 56.8 Å². The molecule has 0 radical (unpaired) electrons. The normalized spacial score (nSPS) is 10.9. The highest BCUT2D eigenvalue weighted by molar-refractivity contribution is 8.00. The summed E-state index contributed by atoms with van der Waals surface area (Å²) in [6, 6.07) is 11.3. The Balaban J connectivity index is 1.29. The first kappa shape index (κ1) is 19.1. The second-order valence-electron chi connectivity index (χ2n) is 5.63. The van der Waals surface area contributed by atoms with E-state index in [1.54, 1.807) is 24.1 Å². The van der Waals surface area contributed by atoms with E-state index in [4.69, 9.17) is 16.0 Å². The summed E-state index contributed by atoms with van der Waals surface area (Å²) in [4.78, 5) is 16.7. The summed E-state index contributed by atoms with van der Waals surface area (Å²) in [6.07, 6.45) is 1.77. The number of hydrogen-bond acceptors (Lipinski definition) is 8. The van der Waals surface area contributed by atoms with Crippen LogP contribution in [0.4, 0.5) is 5.13 Å². The minimum atomic E-state index is -0.179. The lowest BCUT2D eigenvalue weighted by Crippen LogP contribution is -2.14. The smallest absolute Gasteiger partial charge is 0.232 e. The average molecular weight is 449 g/mol. The fraction of sp³-hybridized carbons (Fsp3) is 0.111. The molecular formula is C18H13ClN4O2S3. The van der Waals surface area contributed by atoms with Crippen LogP contribution >= 0.6 is 46.0 Å². The van der Waals surface area contributed by atoms with E-state index in [0.717, 1.165) is 20.7 Å². The van der Waals surface area contributed by atoms with Gasteiger partial charge in [-0.05, 0) is 29.8 Å². The molecule has 0 spiro atoms. The predicted octanol–water partition coefficient (Wildman–Crippen LogP) is 5.38. The Labute approximate surface area is 178 Å². The molecule has 0 saturated heterocycles. The Morgan fingerprint density at radius 2 is 2.07 bits per heavy atom. The molecular weight excluding hydrogens is 436 g/mol. The third kappa shape index (κ3) is 4.99. The Bertz CT molecular complexity index is 1060. The van der Waals surface area contributed by atoms with Crippen LogP contribution in [0.5, 0.6) is 0 Å². The SMILES string of the molecule is O=C(Cc1csc(-c2ccco2)n1)Nc1nnc(SCc2ccc(Cl)cc2)s1. The summed E-state index contributed by atoms with van der Waals surface area (Å²) in [5.41, 5.74) is 1.84. The zero-order valence-corrected chi connectivity index (χ0v) is 17.5. The maximum Gasteiger partial charge on any atom is 0.232 e. The molecule has 1 N–H and O–H groups in total. The summed E-state index contributed by atoms with van der Waals surface area (Å²) >= 11 is 10.2. The first-order valence-corrected chi connectivity index (χ1v) is 11.2. The molecule has 0 aliphatic carbocycles. The highest BCUT2D eigenvalue weighted by Gasteiger charge is 2.13. The van der Waals surface area contributed by atoms with Gasteiger partial charge in [-0.2, -0.15) is 0 Å². The van der Waals surface area contributed by atoms with Crippen LogP contribution in [0.1, 0.15) is 11.3 Å². The van der Waals surface area contributed by atoms with Gasteiger partial charge in [0.05, 0.1) is 18.4 Å². The van der Waals surface area contributed by atoms with Crippen molar-refractivity contribution in [3.05, 3.63) is 64.3 Å². The number of rotatable bonds is 7. The third-order valence-corrected chi connectivity index (χ3v) is 6.75. The molecule has 142 valence electrons. The molecule has 0 bridgehead atoms. The highest BCUT2D eigenvalue weighted by atomic mass is 35.5. The second-order valence-corrected chi connectivity index (χ2v) is 9.13. The van der Waals surface area contributed by atoms with Crippen molar-refractivity contribution in [1.29, 1.82) is 0 Å². The molecule has 0 aliphatic rings. The van der Waals surface area contributed by atoms with E-state index in [0.29, 0.717) is 21.6 Å². The molecule has 0 saturated carbocycles. The number of carbonyl (C=O) groups is 1. The highest BCUT2D eigenvalue weighted by Crippen LogP contribution is 2.29. The molecule has 0 atom stereocenters. The molecule has 1 aromatic carbocycles. The second kappa shape index (κ2) is 8.87. The van der Waals surface area contributed by atoms with E-state index >= 15 is 0 Å². The largest absolute Gasteiger partial charge is 0.462 e. The Kier molecular flexibility index (Phi) is 6.06. The molecule has 28 heavy (non-hydrogen) atoms. The number of nitrogens with one attached hydrogen (secondary N) is 1. The third-order valence-electron chi connectivity index (χ3n) is 3.55. The standard InChI is InChI=1S/C18H13ClN4O2S3/c19-12-5-3-11(4-6-12)9-27-18-23-22-17(28-18)21-15(24)8-13-10-26-16(20-13)14-2-1-7-25-14/h1-7,10H,8-9H2,(H,21,22,24). The Morgan fingerprint density at radius 3 is 2.86 bits per heavy atom. The lowest BCUT2D eigenvalue weighted by Gasteiger charge is -1.99. The fourth-order valence-corrected chi connectivity index (χ4v) is 4.91. The average Bonchev–Trinajstić information content (AvgIpc) is 3.43. The summed E-state index contributed by atoms with van der Waals surface area (Å²) < 4.78 is 6.11. The van der Waals surface area contributed by atoms with Gasteiger partial charge >= 0.3 is 0 Å². The van der Waals surface area contributed by atoms with Crippen molar-refractivity contribution in [3.63, 3.8) is 0 Å². The zero-order chi connectivity index (χ0) is 19.3. The Morgan fingerprint density at radius 1 is 1.21 bits per heavy atom.